The Balaban J connectivity index is 2.45. The number of benzene rings is 1. The van der Waals surface area contributed by atoms with Crippen molar-refractivity contribution < 1.29 is 18.8 Å². The lowest BCUT2D eigenvalue weighted by Crippen LogP contribution is -1.90. The van der Waals surface area contributed by atoms with Crippen LogP contribution in [0.5, 0.6) is 11.5 Å². The molecule has 0 aliphatic rings. The van der Waals surface area contributed by atoms with E-state index >= 15 is 0 Å². The number of ketones is 1. The summed E-state index contributed by atoms with van der Waals surface area (Å²) in [6.07, 6.45) is 0. The Morgan fingerprint density at radius 1 is 1.22 bits per heavy atom. The molecule has 0 aliphatic carbocycles. The maximum Gasteiger partial charge on any atom is 0.202 e. The zero-order valence-corrected chi connectivity index (χ0v) is 10.4. The minimum atomic E-state index is -0.166. The maximum absolute atomic E-state index is 11.2. The zero-order chi connectivity index (χ0) is 13.1. The Labute approximate surface area is 104 Å². The van der Waals surface area contributed by atoms with Crippen LogP contribution in [0, 0.1) is 0 Å². The van der Waals surface area contributed by atoms with Gasteiger partial charge in [-0.3, -0.25) is 4.79 Å². The molecule has 1 aromatic carbocycles. The van der Waals surface area contributed by atoms with Crippen LogP contribution in [0.3, 0.4) is 0 Å². The molecule has 0 atom stereocenters. The number of rotatable bonds is 4. The summed E-state index contributed by atoms with van der Waals surface area (Å²) in [7, 11) is 3.14. The summed E-state index contributed by atoms with van der Waals surface area (Å²) < 4.78 is 15.3. The summed E-state index contributed by atoms with van der Waals surface area (Å²) in [6.45, 7) is 1.43. The van der Waals surface area contributed by atoms with E-state index in [1.807, 2.05) is 0 Å². The molecule has 18 heavy (non-hydrogen) atoms. The minimum Gasteiger partial charge on any atom is -0.497 e. The predicted molar refractivity (Wildman–Crippen MR) is 65.0 cm³/mol. The number of hydrogen-bond donors (Lipinski definition) is 0. The maximum atomic E-state index is 11.2. The van der Waals surface area contributed by atoms with E-state index in [1.165, 1.54) is 6.92 Å². The van der Waals surface area contributed by atoms with E-state index in [0.29, 0.717) is 17.2 Å². The van der Waals surface area contributed by atoms with Gasteiger partial charge in [-0.15, -0.1) is 0 Å². The van der Waals surface area contributed by atoms with Crippen molar-refractivity contribution in [2.75, 3.05) is 14.2 Å². The lowest BCUT2D eigenvalue weighted by Gasteiger charge is -2.07. The molecule has 0 saturated heterocycles. The summed E-state index contributed by atoms with van der Waals surface area (Å²) in [4.78, 5) is 11.2. The van der Waals surface area contributed by atoms with E-state index in [-0.39, 0.29) is 11.5 Å². The van der Waals surface area contributed by atoms with Crippen molar-refractivity contribution in [2.45, 2.75) is 6.92 Å². The van der Waals surface area contributed by atoms with E-state index in [1.54, 1.807) is 38.5 Å². The molecule has 0 spiro atoms. The topological polar surface area (TPSA) is 61.6 Å². The number of carbonyl (C=O) groups is 1. The Morgan fingerprint density at radius 3 is 2.56 bits per heavy atom. The highest BCUT2D eigenvalue weighted by Crippen LogP contribution is 2.32. The lowest BCUT2D eigenvalue weighted by molar-refractivity contribution is 0.0978. The van der Waals surface area contributed by atoms with E-state index in [0.717, 1.165) is 5.56 Å². The van der Waals surface area contributed by atoms with Gasteiger partial charge in [0.1, 0.15) is 17.2 Å². The van der Waals surface area contributed by atoms with Gasteiger partial charge in [-0.1, -0.05) is 5.16 Å². The zero-order valence-electron chi connectivity index (χ0n) is 10.4. The van der Waals surface area contributed by atoms with Crippen LogP contribution in [-0.2, 0) is 0 Å². The summed E-state index contributed by atoms with van der Waals surface area (Å²) in [5, 5.41) is 3.86. The second-order valence-corrected chi connectivity index (χ2v) is 3.70. The van der Waals surface area contributed by atoms with Crippen LogP contribution in [0.2, 0.25) is 0 Å². The molecule has 0 saturated carbocycles. The molecule has 0 unspecified atom stereocenters. The standard InChI is InChI=1S/C13H13NO4/c1-8(15)12-7-11(14-18-12)10-5-4-9(16-2)6-13(10)17-3/h4-7H,1-3H3. The van der Waals surface area contributed by atoms with Gasteiger partial charge in [0.25, 0.3) is 0 Å². The van der Waals surface area contributed by atoms with Crippen molar-refractivity contribution >= 4 is 5.78 Å². The molecule has 0 bridgehead atoms. The van der Waals surface area contributed by atoms with Gasteiger partial charge >= 0.3 is 0 Å². The van der Waals surface area contributed by atoms with Crippen LogP contribution in [0.1, 0.15) is 17.5 Å². The van der Waals surface area contributed by atoms with Crippen molar-refractivity contribution in [1.82, 2.24) is 5.16 Å². The third-order valence-corrected chi connectivity index (χ3v) is 2.54. The average molecular weight is 247 g/mol. The van der Waals surface area contributed by atoms with Gasteiger partial charge in [-0.05, 0) is 12.1 Å². The van der Waals surface area contributed by atoms with E-state index in [4.69, 9.17) is 14.0 Å². The molecule has 1 aromatic heterocycles. The second kappa shape index (κ2) is 4.91. The van der Waals surface area contributed by atoms with Crippen molar-refractivity contribution in [3.63, 3.8) is 0 Å². The third kappa shape index (κ3) is 2.20. The molecule has 0 amide bonds. The number of carbonyl (C=O) groups excluding carboxylic acids is 1. The largest absolute Gasteiger partial charge is 0.497 e. The first kappa shape index (κ1) is 12.2. The highest BCUT2D eigenvalue weighted by Gasteiger charge is 2.14. The van der Waals surface area contributed by atoms with Gasteiger partial charge in [0.15, 0.2) is 5.78 Å². The molecule has 94 valence electrons. The molecule has 0 radical (unpaired) electrons. The molecule has 0 aliphatic heterocycles. The number of nitrogens with zero attached hydrogens (tertiary/aromatic N) is 1. The number of aromatic nitrogens is 1. The monoisotopic (exact) mass is 247 g/mol. The lowest BCUT2D eigenvalue weighted by atomic mass is 10.1. The average Bonchev–Trinajstić information content (AvgIpc) is 2.87. The molecule has 2 aromatic rings. The summed E-state index contributed by atoms with van der Waals surface area (Å²) >= 11 is 0. The molecule has 2 rings (SSSR count). The molecule has 0 fully saturated rings. The first-order chi connectivity index (χ1) is 8.65. The van der Waals surface area contributed by atoms with Crippen LogP contribution in [0.4, 0.5) is 0 Å². The van der Waals surface area contributed by atoms with Crippen LogP contribution in [0.25, 0.3) is 11.3 Å². The molecular formula is C13H13NO4. The quantitative estimate of drug-likeness (QED) is 0.777. The molecular weight excluding hydrogens is 234 g/mol. The smallest absolute Gasteiger partial charge is 0.202 e. The Bertz CT molecular complexity index is 574. The van der Waals surface area contributed by atoms with E-state index in [2.05, 4.69) is 5.16 Å². The summed E-state index contributed by atoms with van der Waals surface area (Å²) in [5.74, 6) is 1.35. The normalized spacial score (nSPS) is 10.2. The van der Waals surface area contributed by atoms with Crippen LogP contribution in [0.15, 0.2) is 28.8 Å². The SMILES string of the molecule is COc1ccc(-c2cc(C(C)=O)on2)c(OC)c1. The second-order valence-electron chi connectivity index (χ2n) is 3.70. The van der Waals surface area contributed by atoms with Gasteiger partial charge < -0.3 is 14.0 Å². The van der Waals surface area contributed by atoms with Crippen LogP contribution >= 0.6 is 0 Å². The molecule has 1 heterocycles. The highest BCUT2D eigenvalue weighted by atomic mass is 16.5. The van der Waals surface area contributed by atoms with E-state index < -0.39 is 0 Å². The number of hydrogen-bond acceptors (Lipinski definition) is 5. The van der Waals surface area contributed by atoms with Gasteiger partial charge in [0.2, 0.25) is 5.76 Å². The Kier molecular flexibility index (Phi) is 3.32. The van der Waals surface area contributed by atoms with Gasteiger partial charge in [0, 0.05) is 24.6 Å². The van der Waals surface area contributed by atoms with E-state index in [9.17, 15) is 4.79 Å². The fourth-order valence-corrected chi connectivity index (χ4v) is 1.58. The van der Waals surface area contributed by atoms with Gasteiger partial charge in [-0.25, -0.2) is 0 Å². The van der Waals surface area contributed by atoms with Gasteiger partial charge in [-0.2, -0.15) is 0 Å². The number of Topliss-reactive ketones (excluding diaryl/α,β-unsaturated/α-hetero) is 1. The van der Waals surface area contributed by atoms with Crippen molar-refractivity contribution in [3.8, 4) is 22.8 Å². The molecule has 5 nitrogen and oxygen atoms in total. The predicted octanol–water partition coefficient (Wildman–Crippen LogP) is 2.56. The summed E-state index contributed by atoms with van der Waals surface area (Å²) in [5.41, 5.74) is 1.30. The minimum absolute atomic E-state index is 0.166. The van der Waals surface area contributed by atoms with Crippen molar-refractivity contribution in [3.05, 3.63) is 30.0 Å². The van der Waals surface area contributed by atoms with Crippen LogP contribution in [-0.4, -0.2) is 25.2 Å². The van der Waals surface area contributed by atoms with Gasteiger partial charge in [0.05, 0.1) is 14.2 Å². The third-order valence-electron chi connectivity index (χ3n) is 2.54. The van der Waals surface area contributed by atoms with Crippen molar-refractivity contribution in [1.29, 1.82) is 0 Å². The van der Waals surface area contributed by atoms with Crippen LogP contribution < -0.4 is 9.47 Å². The first-order valence-electron chi connectivity index (χ1n) is 5.35. The Morgan fingerprint density at radius 2 is 2.00 bits per heavy atom. The first-order valence-corrected chi connectivity index (χ1v) is 5.35. The fourth-order valence-electron chi connectivity index (χ4n) is 1.58. The highest BCUT2D eigenvalue weighted by molar-refractivity contribution is 5.92. The van der Waals surface area contributed by atoms with Crippen molar-refractivity contribution in [2.24, 2.45) is 0 Å². The number of methoxy groups -OCH3 is 2. The number of ether oxygens (including phenoxy) is 2. The molecule has 0 N–H and O–H groups in total. The fraction of sp³-hybridized carbons (Fsp3) is 0.231. The Hall–Kier alpha value is -2.30. The molecule has 5 heteroatoms. The summed E-state index contributed by atoms with van der Waals surface area (Å²) in [6, 6.07) is 6.93.